The van der Waals surface area contributed by atoms with E-state index < -0.39 is 0 Å². The molecule has 0 atom stereocenters. The van der Waals surface area contributed by atoms with E-state index >= 15 is 0 Å². The van der Waals surface area contributed by atoms with Crippen LogP contribution in [0.15, 0.2) is 24.3 Å². The standard InChI is InChI=1S/C13H18N2OS/c16-12-9-5-4-8-11(12)15-13(17)14-10-6-2-1-3-7-10/h4-5,8-10,16H,1-3,6-7H2,(H2,14,15,17). The number of aromatic hydroxyl groups is 1. The van der Waals surface area contributed by atoms with Gasteiger partial charge in [-0.3, -0.25) is 0 Å². The first-order chi connectivity index (χ1) is 8.25. The summed E-state index contributed by atoms with van der Waals surface area (Å²) >= 11 is 5.24. The molecule has 1 aliphatic carbocycles. The number of nitrogens with one attached hydrogen (secondary N) is 2. The minimum atomic E-state index is 0.222. The molecule has 0 saturated heterocycles. The Bertz CT molecular complexity index is 389. The van der Waals surface area contributed by atoms with Gasteiger partial charge in [0.2, 0.25) is 0 Å². The molecule has 2 rings (SSSR count). The smallest absolute Gasteiger partial charge is 0.171 e. The van der Waals surface area contributed by atoms with Gasteiger partial charge in [-0.1, -0.05) is 31.4 Å². The summed E-state index contributed by atoms with van der Waals surface area (Å²) in [6.07, 6.45) is 6.25. The lowest BCUT2D eigenvalue weighted by atomic mass is 9.96. The number of phenols is 1. The van der Waals surface area contributed by atoms with E-state index in [1.54, 1.807) is 12.1 Å². The molecule has 1 aromatic carbocycles. The summed E-state index contributed by atoms with van der Waals surface area (Å²) in [7, 11) is 0. The first-order valence-electron chi connectivity index (χ1n) is 6.11. The molecule has 3 nitrogen and oxygen atoms in total. The number of hydrogen-bond acceptors (Lipinski definition) is 2. The Balaban J connectivity index is 1.86. The van der Waals surface area contributed by atoms with Crippen LogP contribution in [0.25, 0.3) is 0 Å². The zero-order valence-corrected chi connectivity index (χ0v) is 10.6. The van der Waals surface area contributed by atoms with Crippen molar-refractivity contribution in [3.63, 3.8) is 0 Å². The monoisotopic (exact) mass is 250 g/mol. The van der Waals surface area contributed by atoms with Crippen molar-refractivity contribution in [3.8, 4) is 5.75 Å². The number of rotatable bonds is 2. The van der Waals surface area contributed by atoms with Crippen molar-refractivity contribution in [2.24, 2.45) is 0 Å². The number of para-hydroxylation sites is 2. The van der Waals surface area contributed by atoms with Gasteiger partial charge in [-0.05, 0) is 37.2 Å². The van der Waals surface area contributed by atoms with E-state index in [2.05, 4.69) is 10.6 Å². The second-order valence-electron chi connectivity index (χ2n) is 4.45. The number of phenolic OH excluding ortho intramolecular Hbond substituents is 1. The van der Waals surface area contributed by atoms with Crippen molar-refractivity contribution in [2.75, 3.05) is 5.32 Å². The molecule has 17 heavy (non-hydrogen) atoms. The lowest BCUT2D eigenvalue weighted by Crippen LogP contribution is -2.38. The van der Waals surface area contributed by atoms with Crippen molar-refractivity contribution in [1.29, 1.82) is 0 Å². The van der Waals surface area contributed by atoms with Crippen molar-refractivity contribution < 1.29 is 5.11 Å². The fourth-order valence-electron chi connectivity index (χ4n) is 2.17. The third-order valence-electron chi connectivity index (χ3n) is 3.09. The molecule has 0 spiro atoms. The molecule has 0 radical (unpaired) electrons. The minimum Gasteiger partial charge on any atom is -0.506 e. The molecular weight excluding hydrogens is 232 g/mol. The normalized spacial score (nSPS) is 16.5. The fraction of sp³-hybridized carbons (Fsp3) is 0.462. The maximum absolute atomic E-state index is 9.62. The second-order valence-corrected chi connectivity index (χ2v) is 4.86. The number of anilines is 1. The molecule has 1 aromatic rings. The summed E-state index contributed by atoms with van der Waals surface area (Å²) in [5, 5.41) is 16.5. The molecule has 92 valence electrons. The summed E-state index contributed by atoms with van der Waals surface area (Å²) in [5.74, 6) is 0.222. The molecular formula is C13H18N2OS. The fourth-order valence-corrected chi connectivity index (χ4v) is 2.45. The van der Waals surface area contributed by atoms with Crippen LogP contribution in [0.2, 0.25) is 0 Å². The van der Waals surface area contributed by atoms with Crippen LogP contribution in [-0.2, 0) is 0 Å². The van der Waals surface area contributed by atoms with Crippen LogP contribution in [0.1, 0.15) is 32.1 Å². The summed E-state index contributed by atoms with van der Waals surface area (Å²) in [5.41, 5.74) is 0.654. The topological polar surface area (TPSA) is 44.3 Å². The zero-order chi connectivity index (χ0) is 12.1. The van der Waals surface area contributed by atoms with E-state index in [0.717, 1.165) is 0 Å². The first kappa shape index (κ1) is 12.2. The van der Waals surface area contributed by atoms with Crippen molar-refractivity contribution >= 4 is 23.0 Å². The molecule has 0 heterocycles. The van der Waals surface area contributed by atoms with Crippen molar-refractivity contribution in [3.05, 3.63) is 24.3 Å². The Kier molecular flexibility index (Phi) is 4.20. The lowest BCUT2D eigenvalue weighted by Gasteiger charge is -2.24. The van der Waals surface area contributed by atoms with Crippen molar-refractivity contribution in [1.82, 2.24) is 5.32 Å². The van der Waals surface area contributed by atoms with Gasteiger partial charge in [0.1, 0.15) is 5.75 Å². The Morgan fingerprint density at radius 2 is 1.88 bits per heavy atom. The molecule has 0 bridgehead atoms. The molecule has 1 saturated carbocycles. The highest BCUT2D eigenvalue weighted by Crippen LogP contribution is 2.22. The highest BCUT2D eigenvalue weighted by molar-refractivity contribution is 7.80. The first-order valence-corrected chi connectivity index (χ1v) is 6.52. The van der Waals surface area contributed by atoms with E-state index in [-0.39, 0.29) is 5.75 Å². The van der Waals surface area contributed by atoms with E-state index in [1.165, 1.54) is 32.1 Å². The summed E-state index contributed by atoms with van der Waals surface area (Å²) in [6.45, 7) is 0. The Morgan fingerprint density at radius 1 is 1.18 bits per heavy atom. The van der Waals surface area contributed by atoms with Gasteiger partial charge in [0.05, 0.1) is 5.69 Å². The van der Waals surface area contributed by atoms with Crippen LogP contribution >= 0.6 is 12.2 Å². The molecule has 0 aliphatic heterocycles. The lowest BCUT2D eigenvalue weighted by molar-refractivity contribution is 0.414. The van der Waals surface area contributed by atoms with E-state index in [9.17, 15) is 5.11 Å². The molecule has 3 N–H and O–H groups in total. The Morgan fingerprint density at radius 3 is 2.59 bits per heavy atom. The van der Waals surface area contributed by atoms with E-state index in [0.29, 0.717) is 16.8 Å². The van der Waals surface area contributed by atoms with Gasteiger partial charge < -0.3 is 15.7 Å². The average Bonchev–Trinajstić information content (AvgIpc) is 2.33. The highest BCUT2D eigenvalue weighted by Gasteiger charge is 2.14. The van der Waals surface area contributed by atoms with Crippen molar-refractivity contribution in [2.45, 2.75) is 38.1 Å². The largest absolute Gasteiger partial charge is 0.506 e. The third kappa shape index (κ3) is 3.60. The Hall–Kier alpha value is -1.29. The molecule has 0 amide bonds. The number of thiocarbonyl (C=S) groups is 1. The zero-order valence-electron chi connectivity index (χ0n) is 9.78. The molecule has 0 unspecified atom stereocenters. The van der Waals surface area contributed by atoms with E-state index in [1.807, 2.05) is 12.1 Å². The van der Waals surface area contributed by atoms with E-state index in [4.69, 9.17) is 12.2 Å². The van der Waals surface area contributed by atoms with Gasteiger partial charge in [0.25, 0.3) is 0 Å². The van der Waals surface area contributed by atoms with Crippen LogP contribution in [0.3, 0.4) is 0 Å². The molecule has 1 fully saturated rings. The van der Waals surface area contributed by atoms with Gasteiger partial charge in [0, 0.05) is 6.04 Å². The van der Waals surface area contributed by atoms with Crippen LogP contribution in [0.5, 0.6) is 5.75 Å². The number of benzene rings is 1. The summed E-state index contributed by atoms with van der Waals surface area (Å²) < 4.78 is 0. The van der Waals surface area contributed by atoms with Gasteiger partial charge in [-0.15, -0.1) is 0 Å². The molecule has 0 aromatic heterocycles. The van der Waals surface area contributed by atoms with Crippen LogP contribution in [0, 0.1) is 0 Å². The maximum atomic E-state index is 9.62. The second kappa shape index (κ2) is 5.87. The predicted octanol–water partition coefficient (Wildman–Crippen LogP) is 3.01. The van der Waals surface area contributed by atoms with Gasteiger partial charge in [-0.25, -0.2) is 0 Å². The van der Waals surface area contributed by atoms with Crippen LogP contribution < -0.4 is 10.6 Å². The maximum Gasteiger partial charge on any atom is 0.171 e. The van der Waals surface area contributed by atoms with Crippen LogP contribution in [-0.4, -0.2) is 16.3 Å². The Labute approximate surface area is 107 Å². The minimum absolute atomic E-state index is 0.222. The number of hydrogen-bond donors (Lipinski definition) is 3. The molecule has 1 aliphatic rings. The highest BCUT2D eigenvalue weighted by atomic mass is 32.1. The summed E-state index contributed by atoms with van der Waals surface area (Å²) in [6, 6.07) is 7.59. The van der Waals surface area contributed by atoms with Gasteiger partial charge >= 0.3 is 0 Å². The predicted molar refractivity (Wildman–Crippen MR) is 74.3 cm³/mol. The van der Waals surface area contributed by atoms with Crippen LogP contribution in [0.4, 0.5) is 5.69 Å². The quantitative estimate of drug-likeness (QED) is 0.557. The average molecular weight is 250 g/mol. The third-order valence-corrected chi connectivity index (χ3v) is 3.31. The summed E-state index contributed by atoms with van der Waals surface area (Å²) in [4.78, 5) is 0. The van der Waals surface area contributed by atoms with Gasteiger partial charge in [-0.2, -0.15) is 0 Å². The molecule has 4 heteroatoms. The SMILES string of the molecule is Oc1ccccc1NC(=S)NC1CCCCC1. The van der Waals surface area contributed by atoms with Gasteiger partial charge in [0.15, 0.2) is 5.11 Å².